The number of hydrogen-bond acceptors (Lipinski definition) is 7. The molecule has 0 N–H and O–H groups in total. The highest BCUT2D eigenvalue weighted by atomic mass is 32.1. The van der Waals surface area contributed by atoms with Crippen LogP contribution in [0.3, 0.4) is 0 Å². The molecule has 5 rings (SSSR count). The summed E-state index contributed by atoms with van der Waals surface area (Å²) in [5.74, 6) is 1.24. The van der Waals surface area contributed by atoms with Gasteiger partial charge in [-0.2, -0.15) is 0 Å². The second-order valence-corrected chi connectivity index (χ2v) is 9.47. The van der Waals surface area contributed by atoms with E-state index in [1.165, 1.54) is 5.56 Å². The van der Waals surface area contributed by atoms with E-state index in [4.69, 9.17) is 19.2 Å². The lowest BCUT2D eigenvalue weighted by Crippen LogP contribution is -2.39. The number of benzene rings is 2. The molecule has 0 bridgehead atoms. The van der Waals surface area contributed by atoms with Gasteiger partial charge in [-0.3, -0.25) is 14.6 Å². The lowest BCUT2D eigenvalue weighted by atomic mass is 10.1. The maximum absolute atomic E-state index is 13.7. The number of anilines is 1. The van der Waals surface area contributed by atoms with E-state index in [2.05, 4.69) is 30.9 Å². The van der Waals surface area contributed by atoms with Gasteiger partial charge < -0.3 is 14.2 Å². The van der Waals surface area contributed by atoms with Gasteiger partial charge >= 0.3 is 0 Å². The monoisotopic (exact) mass is 467 g/mol. The molecule has 1 amide bonds. The molecule has 7 nitrogen and oxygen atoms in total. The van der Waals surface area contributed by atoms with E-state index in [9.17, 15) is 4.79 Å². The van der Waals surface area contributed by atoms with Crippen molar-refractivity contribution in [3.63, 3.8) is 0 Å². The van der Waals surface area contributed by atoms with Crippen LogP contribution in [0.25, 0.3) is 10.2 Å². The van der Waals surface area contributed by atoms with Gasteiger partial charge in [0.2, 0.25) is 0 Å². The molecule has 1 aromatic heterocycles. The van der Waals surface area contributed by atoms with Crippen molar-refractivity contribution in [1.29, 1.82) is 0 Å². The summed E-state index contributed by atoms with van der Waals surface area (Å²) in [5.41, 5.74) is 3.86. The van der Waals surface area contributed by atoms with E-state index in [0.717, 1.165) is 60.2 Å². The quantitative estimate of drug-likeness (QED) is 0.545. The minimum atomic E-state index is -0.0664. The first-order valence-corrected chi connectivity index (χ1v) is 12.3. The van der Waals surface area contributed by atoms with Crippen molar-refractivity contribution >= 4 is 32.6 Å². The lowest BCUT2D eigenvalue weighted by Gasteiger charge is -2.28. The molecule has 0 spiro atoms. The molecule has 0 atom stereocenters. The Kier molecular flexibility index (Phi) is 6.48. The minimum absolute atomic E-state index is 0.0664. The van der Waals surface area contributed by atoms with Crippen molar-refractivity contribution in [2.75, 3.05) is 57.5 Å². The van der Waals surface area contributed by atoms with Gasteiger partial charge in [0, 0.05) is 31.7 Å². The van der Waals surface area contributed by atoms with Gasteiger partial charge in [-0.1, -0.05) is 23.5 Å². The molecule has 0 radical (unpaired) electrons. The van der Waals surface area contributed by atoms with Gasteiger partial charge in [-0.15, -0.1) is 0 Å². The van der Waals surface area contributed by atoms with Crippen LogP contribution in [0.4, 0.5) is 5.13 Å². The summed E-state index contributed by atoms with van der Waals surface area (Å²) in [6, 6.07) is 9.63. The van der Waals surface area contributed by atoms with Gasteiger partial charge in [0.15, 0.2) is 16.6 Å². The highest BCUT2D eigenvalue weighted by Gasteiger charge is 2.24. The van der Waals surface area contributed by atoms with Gasteiger partial charge in [0.05, 0.1) is 23.4 Å². The average molecular weight is 468 g/mol. The highest BCUT2D eigenvalue weighted by molar-refractivity contribution is 7.22. The normalized spacial score (nSPS) is 16.2. The molecule has 0 unspecified atom stereocenters. The second-order valence-electron chi connectivity index (χ2n) is 8.50. The van der Waals surface area contributed by atoms with Crippen LogP contribution in [-0.2, 0) is 4.74 Å². The zero-order valence-electron chi connectivity index (χ0n) is 19.1. The zero-order chi connectivity index (χ0) is 22.8. The molecule has 0 aliphatic carbocycles. The number of rotatable bonds is 6. The fourth-order valence-electron chi connectivity index (χ4n) is 4.26. The minimum Gasteiger partial charge on any atom is -0.486 e. The van der Waals surface area contributed by atoms with E-state index >= 15 is 0 Å². The molecule has 33 heavy (non-hydrogen) atoms. The molecule has 2 aliphatic heterocycles. The standard InChI is InChI=1S/C25H29N3O4S/c1-17-4-5-18(2)23-22(17)26-25(33-23)28(9-3-8-27-10-12-30-13-11-27)24(29)19-6-7-20-21(16-19)32-15-14-31-20/h4-7,16H,3,8-15H2,1-2H3. The lowest BCUT2D eigenvalue weighted by molar-refractivity contribution is 0.0376. The number of carbonyl (C=O) groups excluding carboxylic acids is 1. The predicted molar refractivity (Wildman–Crippen MR) is 130 cm³/mol. The van der Waals surface area contributed by atoms with Crippen molar-refractivity contribution in [2.45, 2.75) is 20.3 Å². The van der Waals surface area contributed by atoms with Crippen molar-refractivity contribution in [1.82, 2.24) is 9.88 Å². The Hall–Kier alpha value is -2.68. The number of aryl methyl sites for hydroxylation is 2. The largest absolute Gasteiger partial charge is 0.486 e. The Labute approximate surface area is 197 Å². The summed E-state index contributed by atoms with van der Waals surface area (Å²) >= 11 is 1.59. The third-order valence-electron chi connectivity index (χ3n) is 6.16. The second kappa shape index (κ2) is 9.67. The number of morpholine rings is 1. The Bertz CT molecular complexity index is 1120. The predicted octanol–water partition coefficient (Wildman–Crippen LogP) is 4.05. The van der Waals surface area contributed by atoms with Crippen LogP contribution < -0.4 is 14.4 Å². The average Bonchev–Trinajstić information content (AvgIpc) is 3.31. The van der Waals surface area contributed by atoms with Gasteiger partial charge in [-0.05, 0) is 49.6 Å². The number of thiazole rings is 1. The first-order chi connectivity index (χ1) is 16.1. The van der Waals surface area contributed by atoms with Crippen molar-refractivity contribution in [3.05, 3.63) is 47.0 Å². The molecule has 8 heteroatoms. The zero-order valence-corrected chi connectivity index (χ0v) is 20.0. The molecule has 3 aromatic rings. The molecule has 174 valence electrons. The molecule has 0 saturated carbocycles. The summed E-state index contributed by atoms with van der Waals surface area (Å²) in [7, 11) is 0. The van der Waals surface area contributed by atoms with Crippen LogP contribution in [0, 0.1) is 13.8 Å². The summed E-state index contributed by atoms with van der Waals surface area (Å²) in [6.45, 7) is 10.1. The van der Waals surface area contributed by atoms with Crippen LogP contribution in [0.5, 0.6) is 11.5 Å². The van der Waals surface area contributed by atoms with E-state index in [1.54, 1.807) is 17.4 Å². The molecular weight excluding hydrogens is 438 g/mol. The van der Waals surface area contributed by atoms with Crippen molar-refractivity contribution in [2.24, 2.45) is 0 Å². The van der Waals surface area contributed by atoms with Crippen molar-refractivity contribution in [3.8, 4) is 11.5 Å². The highest BCUT2D eigenvalue weighted by Crippen LogP contribution is 2.35. The van der Waals surface area contributed by atoms with Crippen molar-refractivity contribution < 1.29 is 19.0 Å². The molecule has 3 heterocycles. The number of ether oxygens (including phenoxy) is 3. The summed E-state index contributed by atoms with van der Waals surface area (Å²) in [4.78, 5) is 22.9. The summed E-state index contributed by atoms with van der Waals surface area (Å²) < 4.78 is 17.9. The molecule has 2 aromatic carbocycles. The smallest absolute Gasteiger partial charge is 0.260 e. The third kappa shape index (κ3) is 4.69. The summed E-state index contributed by atoms with van der Waals surface area (Å²) in [5, 5.41) is 0.740. The number of carbonyl (C=O) groups is 1. The van der Waals surface area contributed by atoms with Gasteiger partial charge in [0.25, 0.3) is 5.91 Å². The number of aromatic nitrogens is 1. The van der Waals surface area contributed by atoms with Gasteiger partial charge in [-0.25, -0.2) is 4.98 Å². The third-order valence-corrected chi connectivity index (χ3v) is 7.37. The van der Waals surface area contributed by atoms with Gasteiger partial charge in [0.1, 0.15) is 13.2 Å². The Morgan fingerprint density at radius 2 is 1.79 bits per heavy atom. The molecule has 1 saturated heterocycles. The Morgan fingerprint density at radius 3 is 2.58 bits per heavy atom. The van der Waals surface area contributed by atoms with E-state index < -0.39 is 0 Å². The Balaban J connectivity index is 1.43. The maximum atomic E-state index is 13.7. The first-order valence-electron chi connectivity index (χ1n) is 11.5. The number of nitrogens with zero attached hydrogens (tertiary/aromatic N) is 3. The molecular formula is C25H29N3O4S. The van der Waals surface area contributed by atoms with Crippen LogP contribution >= 0.6 is 11.3 Å². The van der Waals surface area contributed by atoms with Crippen LogP contribution in [0.2, 0.25) is 0 Å². The van der Waals surface area contributed by atoms with Crippen LogP contribution in [0.1, 0.15) is 27.9 Å². The van der Waals surface area contributed by atoms with Crippen LogP contribution in [0.15, 0.2) is 30.3 Å². The molecule has 1 fully saturated rings. The number of hydrogen-bond donors (Lipinski definition) is 0. The SMILES string of the molecule is Cc1ccc(C)c2sc(N(CCCN3CCOCC3)C(=O)c3ccc4c(c3)OCCO4)nc12. The summed E-state index contributed by atoms with van der Waals surface area (Å²) in [6.07, 6.45) is 0.865. The van der Waals surface area contributed by atoms with Crippen LogP contribution in [-0.4, -0.2) is 68.4 Å². The van der Waals surface area contributed by atoms with E-state index in [-0.39, 0.29) is 5.91 Å². The van der Waals surface area contributed by atoms with E-state index in [1.807, 2.05) is 17.0 Å². The van der Waals surface area contributed by atoms with E-state index in [0.29, 0.717) is 36.8 Å². The Morgan fingerprint density at radius 1 is 1.03 bits per heavy atom. The first kappa shape index (κ1) is 22.1. The number of fused-ring (bicyclic) bond motifs is 2. The molecule has 2 aliphatic rings. The maximum Gasteiger partial charge on any atom is 0.260 e. The fraction of sp³-hybridized carbons (Fsp3) is 0.440. The topological polar surface area (TPSA) is 64.1 Å². The number of amides is 1. The fourth-order valence-corrected chi connectivity index (χ4v) is 5.39.